The zero-order valence-corrected chi connectivity index (χ0v) is 25.9. The van der Waals surface area contributed by atoms with Gasteiger partial charge in [-0.2, -0.15) is 11.8 Å². The lowest BCUT2D eigenvalue weighted by molar-refractivity contribution is 0.0136. The van der Waals surface area contributed by atoms with Crippen LogP contribution in [0.1, 0.15) is 94.2 Å². The highest BCUT2D eigenvalue weighted by Gasteiger charge is 2.37. The van der Waals surface area contributed by atoms with Crippen molar-refractivity contribution in [3.05, 3.63) is 95.6 Å². The van der Waals surface area contributed by atoms with Gasteiger partial charge in [0, 0.05) is 6.61 Å². The van der Waals surface area contributed by atoms with Crippen LogP contribution in [0.2, 0.25) is 0 Å². The summed E-state index contributed by atoms with van der Waals surface area (Å²) in [6, 6.07) is 27.1. The molecule has 0 spiro atoms. The molecule has 0 saturated heterocycles. The van der Waals surface area contributed by atoms with Crippen molar-refractivity contribution in [2.24, 2.45) is 0 Å². The molecule has 218 valence electrons. The molecule has 0 unspecified atom stereocenters. The van der Waals surface area contributed by atoms with Gasteiger partial charge in [0.05, 0.1) is 14.2 Å². The van der Waals surface area contributed by atoms with E-state index in [1.165, 1.54) is 70.0 Å². The van der Waals surface area contributed by atoms with Crippen LogP contribution in [0.15, 0.2) is 78.9 Å². The average molecular weight is 563 g/mol. The fraction of sp³-hybridized carbons (Fsp3) is 0.500. The number of hydrogen-bond donors (Lipinski definition) is 0. The van der Waals surface area contributed by atoms with Gasteiger partial charge in [0.25, 0.3) is 0 Å². The fourth-order valence-corrected chi connectivity index (χ4v) is 6.19. The molecule has 0 amide bonds. The maximum absolute atomic E-state index is 6.95. The molecule has 40 heavy (non-hydrogen) atoms. The Labute approximate surface area is 248 Å². The van der Waals surface area contributed by atoms with E-state index in [4.69, 9.17) is 14.2 Å². The smallest absolute Gasteiger partial charge is 0.143 e. The molecule has 0 bridgehead atoms. The summed E-state index contributed by atoms with van der Waals surface area (Å²) in [5, 5.41) is 0. The van der Waals surface area contributed by atoms with Gasteiger partial charge in [0.1, 0.15) is 17.1 Å². The first-order valence-corrected chi connectivity index (χ1v) is 16.5. The number of rotatable bonds is 21. The van der Waals surface area contributed by atoms with E-state index in [9.17, 15) is 0 Å². The lowest BCUT2D eigenvalue weighted by atomic mass is 9.80. The Morgan fingerprint density at radius 2 is 0.975 bits per heavy atom. The van der Waals surface area contributed by atoms with E-state index < -0.39 is 5.60 Å². The molecule has 3 aromatic rings. The molecule has 3 rings (SSSR count). The monoisotopic (exact) mass is 562 g/mol. The Hall–Kier alpha value is -2.43. The summed E-state index contributed by atoms with van der Waals surface area (Å²) in [5.74, 6) is 4.04. The molecule has 0 fully saturated rings. The summed E-state index contributed by atoms with van der Waals surface area (Å²) in [5.41, 5.74) is 2.56. The maximum Gasteiger partial charge on any atom is 0.143 e. The van der Waals surface area contributed by atoms with Crippen molar-refractivity contribution in [2.45, 2.75) is 83.2 Å². The van der Waals surface area contributed by atoms with Crippen molar-refractivity contribution >= 4 is 11.8 Å². The van der Waals surface area contributed by atoms with Crippen LogP contribution in [0.4, 0.5) is 0 Å². The van der Waals surface area contributed by atoms with Crippen LogP contribution in [0.25, 0.3) is 0 Å². The zero-order chi connectivity index (χ0) is 28.3. The topological polar surface area (TPSA) is 27.7 Å². The van der Waals surface area contributed by atoms with E-state index in [1.54, 1.807) is 14.2 Å². The summed E-state index contributed by atoms with van der Waals surface area (Å²) in [6.45, 7) is 2.96. The third-order valence-electron chi connectivity index (χ3n) is 7.57. The molecular formula is C36H50O3S. The number of hydrogen-bond acceptors (Lipinski definition) is 4. The minimum Gasteiger partial charge on any atom is -0.497 e. The lowest BCUT2D eigenvalue weighted by Gasteiger charge is -2.36. The van der Waals surface area contributed by atoms with Gasteiger partial charge in [-0.1, -0.05) is 119 Å². The molecule has 0 atom stereocenters. The normalized spacial score (nSPS) is 11.5. The average Bonchev–Trinajstić information content (AvgIpc) is 3.02. The molecule has 0 aliphatic carbocycles. The first-order chi connectivity index (χ1) is 19.7. The van der Waals surface area contributed by atoms with Crippen LogP contribution in [0, 0.1) is 0 Å². The summed E-state index contributed by atoms with van der Waals surface area (Å²) in [4.78, 5) is 0. The van der Waals surface area contributed by atoms with Crippen molar-refractivity contribution < 1.29 is 14.2 Å². The highest BCUT2D eigenvalue weighted by molar-refractivity contribution is 7.99. The van der Waals surface area contributed by atoms with Crippen molar-refractivity contribution in [3.63, 3.8) is 0 Å². The number of benzene rings is 3. The van der Waals surface area contributed by atoms with E-state index >= 15 is 0 Å². The van der Waals surface area contributed by atoms with Gasteiger partial charge in [0.15, 0.2) is 0 Å². The van der Waals surface area contributed by atoms with Crippen molar-refractivity contribution in [2.75, 3.05) is 32.3 Å². The molecule has 3 aromatic carbocycles. The molecule has 0 aromatic heterocycles. The van der Waals surface area contributed by atoms with Crippen molar-refractivity contribution in [3.8, 4) is 11.5 Å². The Morgan fingerprint density at radius 3 is 1.48 bits per heavy atom. The van der Waals surface area contributed by atoms with E-state index in [1.807, 2.05) is 24.3 Å². The second-order valence-electron chi connectivity index (χ2n) is 10.5. The zero-order valence-electron chi connectivity index (χ0n) is 25.0. The molecule has 0 N–H and O–H groups in total. The molecule has 0 aliphatic heterocycles. The Kier molecular flexibility index (Phi) is 15.1. The Balaban J connectivity index is 1.56. The van der Waals surface area contributed by atoms with E-state index in [-0.39, 0.29) is 0 Å². The maximum atomic E-state index is 6.95. The van der Waals surface area contributed by atoms with Crippen LogP contribution < -0.4 is 9.47 Å². The van der Waals surface area contributed by atoms with Crippen LogP contribution >= 0.6 is 11.8 Å². The first-order valence-electron chi connectivity index (χ1n) is 15.3. The SMILES string of the molecule is CCCCCCCCCCCCSCCCOC(c1ccccc1)(c1ccc(OC)cc1)c1ccc(OC)cc1. The van der Waals surface area contributed by atoms with Gasteiger partial charge in [-0.15, -0.1) is 0 Å². The second-order valence-corrected chi connectivity index (χ2v) is 11.7. The number of thioether (sulfide) groups is 1. The molecule has 0 saturated carbocycles. The highest BCUT2D eigenvalue weighted by Crippen LogP contribution is 2.41. The summed E-state index contributed by atoms with van der Waals surface area (Å²) in [7, 11) is 3.40. The van der Waals surface area contributed by atoms with E-state index in [0.29, 0.717) is 6.61 Å². The molecule has 0 heterocycles. The summed E-state index contributed by atoms with van der Waals surface area (Å²) >= 11 is 2.07. The van der Waals surface area contributed by atoms with Gasteiger partial charge in [-0.3, -0.25) is 0 Å². The van der Waals surface area contributed by atoms with Gasteiger partial charge in [-0.05, 0) is 65.3 Å². The van der Waals surface area contributed by atoms with E-state index in [0.717, 1.165) is 40.4 Å². The van der Waals surface area contributed by atoms with Crippen molar-refractivity contribution in [1.82, 2.24) is 0 Å². The molecule has 0 radical (unpaired) electrons. The van der Waals surface area contributed by atoms with Gasteiger partial charge < -0.3 is 14.2 Å². The lowest BCUT2D eigenvalue weighted by Crippen LogP contribution is -2.33. The molecule has 3 nitrogen and oxygen atoms in total. The van der Waals surface area contributed by atoms with Crippen molar-refractivity contribution in [1.29, 1.82) is 0 Å². The molecule has 4 heteroatoms. The highest BCUT2D eigenvalue weighted by atomic mass is 32.2. The third kappa shape index (κ3) is 9.89. The van der Waals surface area contributed by atoms with Crippen LogP contribution in [0.5, 0.6) is 11.5 Å². The largest absolute Gasteiger partial charge is 0.497 e. The third-order valence-corrected chi connectivity index (χ3v) is 8.72. The number of methoxy groups -OCH3 is 2. The second kappa shape index (κ2) is 18.8. The predicted molar refractivity (Wildman–Crippen MR) is 172 cm³/mol. The number of unbranched alkanes of at least 4 members (excludes halogenated alkanes) is 9. The standard InChI is InChI=1S/C36H50O3S/c1-4-5-6-7-8-9-10-11-12-16-29-40-30-17-28-39-36(31-18-14-13-15-19-31,32-20-24-34(37-2)25-21-32)33-22-26-35(38-3)27-23-33/h13-15,18-27H,4-12,16-17,28-30H2,1-3H3. The summed E-state index contributed by atoms with van der Waals surface area (Å²) in [6.07, 6.45) is 14.9. The van der Waals surface area contributed by atoms with Gasteiger partial charge >= 0.3 is 0 Å². The van der Waals surface area contributed by atoms with Gasteiger partial charge in [0.2, 0.25) is 0 Å². The first kappa shape index (κ1) is 32.1. The van der Waals surface area contributed by atoms with E-state index in [2.05, 4.69) is 73.3 Å². The van der Waals surface area contributed by atoms with Crippen LogP contribution in [0.3, 0.4) is 0 Å². The quantitative estimate of drug-likeness (QED) is 0.0953. The number of ether oxygens (including phenoxy) is 3. The minimum atomic E-state index is -0.721. The Morgan fingerprint density at radius 1 is 0.525 bits per heavy atom. The predicted octanol–water partition coefficient (Wildman–Crippen LogP) is 10.1. The fourth-order valence-electron chi connectivity index (χ4n) is 5.25. The minimum absolute atomic E-state index is 0.679. The van der Waals surface area contributed by atoms with Crippen LogP contribution in [-0.4, -0.2) is 32.3 Å². The van der Waals surface area contributed by atoms with Crippen LogP contribution in [-0.2, 0) is 10.3 Å². The molecular weight excluding hydrogens is 512 g/mol. The van der Waals surface area contributed by atoms with Gasteiger partial charge in [-0.25, -0.2) is 0 Å². The summed E-state index contributed by atoms with van der Waals surface area (Å²) < 4.78 is 17.9. The molecule has 0 aliphatic rings. The Bertz CT molecular complexity index is 986.